The van der Waals surface area contributed by atoms with Gasteiger partial charge in [-0.2, -0.15) is 10.2 Å². The van der Waals surface area contributed by atoms with Gasteiger partial charge in [0.25, 0.3) is 0 Å². The number of nitrogens with zero attached hydrogens (tertiary/aromatic N) is 4. The Hall–Kier alpha value is -1.86. The number of hydrogen-bond acceptors (Lipinski definition) is 5. The van der Waals surface area contributed by atoms with Gasteiger partial charge in [-0.05, 0) is 19.4 Å². The van der Waals surface area contributed by atoms with E-state index in [1.54, 1.807) is 13.3 Å². The van der Waals surface area contributed by atoms with Gasteiger partial charge in [0.15, 0.2) is 5.75 Å². The molecule has 0 aliphatic heterocycles. The van der Waals surface area contributed by atoms with E-state index in [0.29, 0.717) is 5.75 Å². The summed E-state index contributed by atoms with van der Waals surface area (Å²) in [5.74, 6) is 6.49. The predicted octanol–water partition coefficient (Wildman–Crippen LogP) is 0.760. The molecule has 7 heteroatoms. The van der Waals surface area contributed by atoms with E-state index in [1.807, 2.05) is 23.3 Å². The van der Waals surface area contributed by atoms with Crippen molar-refractivity contribution < 1.29 is 4.74 Å². The highest BCUT2D eigenvalue weighted by molar-refractivity contribution is 5.34. The van der Waals surface area contributed by atoms with Gasteiger partial charge >= 0.3 is 0 Å². The molecule has 0 fully saturated rings. The fourth-order valence-electron chi connectivity index (χ4n) is 2.37. The van der Waals surface area contributed by atoms with Gasteiger partial charge in [0.05, 0.1) is 24.7 Å². The number of nitrogens with two attached hydrogens (primary N) is 1. The maximum Gasteiger partial charge on any atom is 0.162 e. The average molecular weight is 278 g/mol. The molecule has 0 saturated carbocycles. The van der Waals surface area contributed by atoms with Crippen LogP contribution in [0.25, 0.3) is 0 Å². The first-order valence-electron chi connectivity index (χ1n) is 6.74. The Balaban J connectivity index is 2.51. The van der Waals surface area contributed by atoms with Gasteiger partial charge in [0.2, 0.25) is 0 Å². The normalized spacial score (nSPS) is 12.7. The van der Waals surface area contributed by atoms with Crippen LogP contribution in [0.3, 0.4) is 0 Å². The van der Waals surface area contributed by atoms with Gasteiger partial charge in [-0.25, -0.2) is 5.43 Å². The summed E-state index contributed by atoms with van der Waals surface area (Å²) in [5, 5.41) is 8.79. The lowest BCUT2D eigenvalue weighted by Crippen LogP contribution is -2.32. The second-order valence-corrected chi connectivity index (χ2v) is 4.55. The molecule has 2 heterocycles. The summed E-state index contributed by atoms with van der Waals surface area (Å²) < 4.78 is 9.12. The number of ether oxygens (including phenoxy) is 1. The zero-order valence-electron chi connectivity index (χ0n) is 12.4. The molecule has 3 N–H and O–H groups in total. The minimum Gasteiger partial charge on any atom is -0.493 e. The summed E-state index contributed by atoms with van der Waals surface area (Å²) in [4.78, 5) is 0. The van der Waals surface area contributed by atoms with Gasteiger partial charge in [0, 0.05) is 13.6 Å². The van der Waals surface area contributed by atoms with Crippen LogP contribution in [0.1, 0.15) is 37.0 Å². The molecule has 2 aromatic heterocycles. The highest BCUT2D eigenvalue weighted by Crippen LogP contribution is 2.29. The first-order valence-corrected chi connectivity index (χ1v) is 6.74. The third-order valence-corrected chi connectivity index (χ3v) is 3.43. The third-order valence-electron chi connectivity index (χ3n) is 3.43. The van der Waals surface area contributed by atoms with Crippen LogP contribution in [0.2, 0.25) is 0 Å². The van der Waals surface area contributed by atoms with Gasteiger partial charge in [-0.3, -0.25) is 15.2 Å². The van der Waals surface area contributed by atoms with Crippen molar-refractivity contribution in [3.05, 3.63) is 29.3 Å². The zero-order valence-corrected chi connectivity index (χ0v) is 12.4. The van der Waals surface area contributed by atoms with Crippen molar-refractivity contribution in [1.29, 1.82) is 0 Å². The van der Waals surface area contributed by atoms with Crippen molar-refractivity contribution in [3.63, 3.8) is 0 Å². The largest absolute Gasteiger partial charge is 0.493 e. The number of hydrazine groups is 1. The molecule has 20 heavy (non-hydrogen) atoms. The molecule has 0 aliphatic rings. The van der Waals surface area contributed by atoms with Crippen LogP contribution >= 0.6 is 0 Å². The maximum absolute atomic E-state index is 5.78. The number of nitrogens with one attached hydrogen (secondary N) is 1. The quantitative estimate of drug-likeness (QED) is 0.602. The Morgan fingerprint density at radius 1 is 1.45 bits per heavy atom. The van der Waals surface area contributed by atoms with E-state index in [1.165, 1.54) is 0 Å². The standard InChI is InChI=1S/C13H22N6O/c1-5-9-7-10(18(3)17-9)12(16-14)13-11(20-4)8-15-19(13)6-2/h7-8,12,16H,5-6,14H2,1-4H3. The monoisotopic (exact) mass is 278 g/mol. The number of rotatable bonds is 6. The van der Waals surface area contributed by atoms with Crippen molar-refractivity contribution in [1.82, 2.24) is 25.0 Å². The fourth-order valence-corrected chi connectivity index (χ4v) is 2.37. The first kappa shape index (κ1) is 14.5. The van der Waals surface area contributed by atoms with Crippen LogP contribution in [0.15, 0.2) is 12.3 Å². The summed E-state index contributed by atoms with van der Waals surface area (Å²) >= 11 is 0. The van der Waals surface area contributed by atoms with E-state index in [2.05, 4.69) is 28.6 Å². The van der Waals surface area contributed by atoms with Crippen molar-refractivity contribution >= 4 is 0 Å². The third kappa shape index (κ3) is 2.41. The Bertz CT molecular complexity index is 552. The Morgan fingerprint density at radius 2 is 2.20 bits per heavy atom. The van der Waals surface area contributed by atoms with E-state index >= 15 is 0 Å². The van der Waals surface area contributed by atoms with Crippen LogP contribution in [-0.2, 0) is 20.0 Å². The van der Waals surface area contributed by atoms with E-state index in [-0.39, 0.29) is 6.04 Å². The molecule has 2 rings (SSSR count). The van der Waals surface area contributed by atoms with Crippen LogP contribution < -0.4 is 16.0 Å². The molecule has 1 atom stereocenters. The average Bonchev–Trinajstić information content (AvgIpc) is 3.04. The summed E-state index contributed by atoms with van der Waals surface area (Å²) in [5.41, 5.74) is 5.77. The molecule has 0 saturated heterocycles. The lowest BCUT2D eigenvalue weighted by Gasteiger charge is -2.18. The first-order chi connectivity index (χ1) is 9.65. The highest BCUT2D eigenvalue weighted by Gasteiger charge is 2.25. The van der Waals surface area contributed by atoms with Gasteiger partial charge in [-0.1, -0.05) is 6.92 Å². The number of methoxy groups -OCH3 is 1. The number of hydrogen-bond donors (Lipinski definition) is 2. The van der Waals surface area contributed by atoms with Crippen molar-refractivity contribution in [3.8, 4) is 5.75 Å². The summed E-state index contributed by atoms with van der Waals surface area (Å²) in [6.45, 7) is 4.85. The van der Waals surface area contributed by atoms with Gasteiger partial charge in [-0.15, -0.1) is 0 Å². The molecular formula is C13H22N6O. The molecule has 1 unspecified atom stereocenters. The molecule has 110 valence electrons. The van der Waals surface area contributed by atoms with Crippen molar-refractivity contribution in [2.45, 2.75) is 32.9 Å². The van der Waals surface area contributed by atoms with E-state index in [0.717, 1.165) is 30.0 Å². The number of aromatic nitrogens is 4. The van der Waals surface area contributed by atoms with E-state index < -0.39 is 0 Å². The van der Waals surface area contributed by atoms with Crippen LogP contribution in [0, 0.1) is 0 Å². The lowest BCUT2D eigenvalue weighted by molar-refractivity contribution is 0.397. The van der Waals surface area contributed by atoms with E-state index in [9.17, 15) is 0 Å². The Morgan fingerprint density at radius 3 is 2.70 bits per heavy atom. The van der Waals surface area contributed by atoms with E-state index in [4.69, 9.17) is 10.6 Å². The highest BCUT2D eigenvalue weighted by atomic mass is 16.5. The fraction of sp³-hybridized carbons (Fsp3) is 0.538. The topological polar surface area (TPSA) is 82.9 Å². The molecule has 0 radical (unpaired) electrons. The van der Waals surface area contributed by atoms with Crippen molar-refractivity contribution in [2.24, 2.45) is 12.9 Å². The van der Waals surface area contributed by atoms with Crippen molar-refractivity contribution in [2.75, 3.05) is 7.11 Å². The van der Waals surface area contributed by atoms with Crippen LogP contribution in [0.4, 0.5) is 0 Å². The smallest absolute Gasteiger partial charge is 0.162 e. The molecule has 0 bridgehead atoms. The molecular weight excluding hydrogens is 256 g/mol. The predicted molar refractivity (Wildman–Crippen MR) is 76.2 cm³/mol. The maximum atomic E-state index is 5.78. The molecule has 2 aromatic rings. The van der Waals surface area contributed by atoms with Crippen LogP contribution in [-0.4, -0.2) is 26.7 Å². The molecule has 0 aromatic carbocycles. The SMILES string of the molecule is CCc1cc(C(NN)c2c(OC)cnn2CC)n(C)n1. The molecule has 0 spiro atoms. The Kier molecular flexibility index (Phi) is 4.41. The molecule has 0 aliphatic carbocycles. The second kappa shape index (κ2) is 6.06. The second-order valence-electron chi connectivity index (χ2n) is 4.55. The van der Waals surface area contributed by atoms with Gasteiger partial charge in [0.1, 0.15) is 11.7 Å². The lowest BCUT2D eigenvalue weighted by atomic mass is 10.1. The Labute approximate surface area is 118 Å². The zero-order chi connectivity index (χ0) is 14.7. The number of aryl methyl sites for hydroxylation is 3. The summed E-state index contributed by atoms with van der Waals surface area (Å²) in [6, 6.07) is 1.84. The van der Waals surface area contributed by atoms with Crippen LogP contribution in [0.5, 0.6) is 5.75 Å². The molecule has 7 nitrogen and oxygen atoms in total. The summed E-state index contributed by atoms with van der Waals surface area (Å²) in [6.07, 6.45) is 2.59. The minimum atomic E-state index is -0.217. The summed E-state index contributed by atoms with van der Waals surface area (Å²) in [7, 11) is 3.55. The molecule has 0 amide bonds. The van der Waals surface area contributed by atoms with Gasteiger partial charge < -0.3 is 4.74 Å². The minimum absolute atomic E-state index is 0.217.